The van der Waals surface area contributed by atoms with E-state index < -0.39 is 0 Å². The summed E-state index contributed by atoms with van der Waals surface area (Å²) in [5.74, 6) is 0.675. The first-order valence-electron chi connectivity index (χ1n) is 5.27. The van der Waals surface area contributed by atoms with Gasteiger partial charge in [-0.05, 0) is 13.3 Å². The highest BCUT2D eigenvalue weighted by Gasteiger charge is 2.30. The molecule has 1 fully saturated rings. The Bertz CT molecular complexity index is 283. The number of aliphatic imine (C=N–C) groups is 1. The van der Waals surface area contributed by atoms with Crippen molar-refractivity contribution in [2.24, 2.45) is 4.99 Å². The van der Waals surface area contributed by atoms with Crippen LogP contribution in [0.1, 0.15) is 20.3 Å². The number of aliphatic hydroxyl groups excluding tert-OH is 1. The number of hydrogen-bond donors (Lipinski definition) is 1. The van der Waals surface area contributed by atoms with Crippen LogP contribution < -0.4 is 0 Å². The summed E-state index contributed by atoms with van der Waals surface area (Å²) in [4.78, 5) is 17.1. The molecule has 1 N–H and O–H groups in total. The summed E-state index contributed by atoms with van der Waals surface area (Å²) in [6.45, 7) is 3.75. The molecule has 0 aromatic carbocycles. The van der Waals surface area contributed by atoms with Crippen LogP contribution in [0.15, 0.2) is 4.99 Å². The van der Waals surface area contributed by atoms with Crippen LogP contribution in [0, 0.1) is 0 Å². The lowest BCUT2D eigenvalue weighted by molar-refractivity contribution is -0.0263. The zero-order valence-corrected chi connectivity index (χ0v) is 10.7. The number of aliphatic hydroxyl groups is 1. The van der Waals surface area contributed by atoms with Crippen molar-refractivity contribution < 1.29 is 14.6 Å². The maximum Gasteiger partial charge on any atom is 0.345 e. The van der Waals surface area contributed by atoms with Crippen molar-refractivity contribution in [2.45, 2.75) is 31.9 Å². The molecule has 0 aromatic rings. The standard InChI is InChI=1S/C10H18N2O3S/c1-4-7(2)11-10(14)12(3)8-6-16-9(5-13)15-8/h8-9,13H,4-6H2,1-3H3/b11-7-. The van der Waals surface area contributed by atoms with Gasteiger partial charge in [-0.1, -0.05) is 6.92 Å². The van der Waals surface area contributed by atoms with Gasteiger partial charge in [0.05, 0.1) is 6.61 Å². The fraction of sp³-hybridized carbons (Fsp3) is 0.800. The number of carbonyl (C=O) groups excluding carboxylic acids is 1. The molecule has 1 rings (SSSR count). The van der Waals surface area contributed by atoms with Crippen LogP contribution in [-0.4, -0.2) is 52.8 Å². The lowest BCUT2D eigenvalue weighted by Crippen LogP contribution is -2.37. The molecule has 1 saturated heterocycles. The molecule has 6 heteroatoms. The van der Waals surface area contributed by atoms with Crippen LogP contribution in [0.3, 0.4) is 0 Å². The summed E-state index contributed by atoms with van der Waals surface area (Å²) in [5.41, 5.74) is 0.581. The van der Waals surface area contributed by atoms with E-state index in [0.29, 0.717) is 5.75 Å². The van der Waals surface area contributed by atoms with Gasteiger partial charge in [0.25, 0.3) is 0 Å². The van der Waals surface area contributed by atoms with Crippen LogP contribution in [0.2, 0.25) is 0 Å². The molecule has 2 atom stereocenters. The van der Waals surface area contributed by atoms with Gasteiger partial charge in [-0.25, -0.2) is 9.79 Å². The first-order valence-corrected chi connectivity index (χ1v) is 6.32. The second-order valence-electron chi connectivity index (χ2n) is 3.63. The number of nitrogens with zero attached hydrogens (tertiary/aromatic N) is 2. The third-order valence-electron chi connectivity index (χ3n) is 2.41. The molecule has 16 heavy (non-hydrogen) atoms. The number of carbonyl (C=O) groups is 1. The maximum atomic E-state index is 11.7. The van der Waals surface area contributed by atoms with Crippen LogP contribution in [0.25, 0.3) is 0 Å². The van der Waals surface area contributed by atoms with Gasteiger partial charge in [-0.3, -0.25) is 4.90 Å². The van der Waals surface area contributed by atoms with Gasteiger partial charge >= 0.3 is 6.03 Å². The highest BCUT2D eigenvalue weighted by atomic mass is 32.2. The fourth-order valence-electron chi connectivity index (χ4n) is 1.19. The highest BCUT2D eigenvalue weighted by Crippen LogP contribution is 2.26. The molecule has 0 bridgehead atoms. The van der Waals surface area contributed by atoms with Crippen molar-refractivity contribution in [3.63, 3.8) is 0 Å². The third kappa shape index (κ3) is 3.47. The second kappa shape index (κ2) is 6.22. The summed E-state index contributed by atoms with van der Waals surface area (Å²) in [5, 5.41) is 8.91. The Hall–Kier alpha value is -0.590. The molecule has 1 heterocycles. The number of urea groups is 1. The predicted octanol–water partition coefficient (Wildman–Crippen LogP) is 1.32. The average molecular weight is 246 g/mol. The van der Waals surface area contributed by atoms with Gasteiger partial charge in [-0.15, -0.1) is 11.8 Å². The van der Waals surface area contributed by atoms with Gasteiger partial charge in [0.2, 0.25) is 0 Å². The number of hydrogen-bond acceptors (Lipinski definition) is 4. The molecule has 92 valence electrons. The van der Waals surface area contributed by atoms with Gasteiger partial charge < -0.3 is 9.84 Å². The molecule has 2 amide bonds. The Morgan fingerprint density at radius 1 is 1.69 bits per heavy atom. The van der Waals surface area contributed by atoms with E-state index in [0.717, 1.165) is 12.1 Å². The Balaban J connectivity index is 2.52. The Kier molecular flexibility index (Phi) is 5.24. The molecule has 0 aliphatic carbocycles. The van der Waals surface area contributed by atoms with Crippen LogP contribution >= 0.6 is 11.8 Å². The van der Waals surface area contributed by atoms with E-state index in [-0.39, 0.29) is 24.3 Å². The van der Waals surface area contributed by atoms with Crippen molar-refractivity contribution in [3.05, 3.63) is 0 Å². The molecule has 0 spiro atoms. The van der Waals surface area contributed by atoms with Gasteiger partial charge in [0.1, 0.15) is 11.7 Å². The van der Waals surface area contributed by atoms with Crippen molar-refractivity contribution in [3.8, 4) is 0 Å². The number of thioether (sulfide) groups is 1. The van der Waals surface area contributed by atoms with E-state index >= 15 is 0 Å². The number of rotatable bonds is 3. The van der Waals surface area contributed by atoms with Gasteiger partial charge in [0.15, 0.2) is 0 Å². The molecular weight excluding hydrogens is 228 g/mol. The third-order valence-corrected chi connectivity index (χ3v) is 3.52. The van der Waals surface area contributed by atoms with E-state index in [9.17, 15) is 4.79 Å². The summed E-state index contributed by atoms with van der Waals surface area (Å²) in [6.07, 6.45) is 0.474. The summed E-state index contributed by atoms with van der Waals surface area (Å²) in [7, 11) is 1.67. The minimum absolute atomic E-state index is 0.0273. The Morgan fingerprint density at radius 2 is 2.38 bits per heavy atom. The lowest BCUT2D eigenvalue weighted by atomic mass is 10.3. The molecular formula is C10H18N2O3S. The number of amides is 2. The molecule has 5 nitrogen and oxygen atoms in total. The summed E-state index contributed by atoms with van der Waals surface area (Å²) >= 11 is 1.51. The molecule has 0 aromatic heterocycles. The maximum absolute atomic E-state index is 11.7. The number of ether oxygens (including phenoxy) is 1. The summed E-state index contributed by atoms with van der Waals surface area (Å²) in [6, 6.07) is -0.288. The van der Waals surface area contributed by atoms with Crippen molar-refractivity contribution in [1.82, 2.24) is 4.90 Å². The molecule has 0 radical (unpaired) electrons. The fourth-order valence-corrected chi connectivity index (χ4v) is 2.18. The molecule has 1 aliphatic rings. The van der Waals surface area contributed by atoms with E-state index in [2.05, 4.69) is 4.99 Å². The largest absolute Gasteiger partial charge is 0.393 e. The van der Waals surface area contributed by atoms with E-state index in [1.807, 2.05) is 13.8 Å². The quantitative estimate of drug-likeness (QED) is 0.763. The second-order valence-corrected chi connectivity index (χ2v) is 4.82. The van der Waals surface area contributed by atoms with Crippen LogP contribution in [-0.2, 0) is 4.74 Å². The van der Waals surface area contributed by atoms with Gasteiger partial charge in [-0.2, -0.15) is 0 Å². The minimum Gasteiger partial charge on any atom is -0.393 e. The van der Waals surface area contributed by atoms with Crippen molar-refractivity contribution >= 4 is 23.5 Å². The van der Waals surface area contributed by atoms with Crippen LogP contribution in [0.5, 0.6) is 0 Å². The van der Waals surface area contributed by atoms with Gasteiger partial charge in [0, 0.05) is 18.5 Å². The topological polar surface area (TPSA) is 62.1 Å². The first kappa shape index (κ1) is 13.5. The van der Waals surface area contributed by atoms with E-state index in [1.54, 1.807) is 7.05 Å². The zero-order valence-electron chi connectivity index (χ0n) is 9.84. The van der Waals surface area contributed by atoms with E-state index in [4.69, 9.17) is 9.84 Å². The average Bonchev–Trinajstić information content (AvgIpc) is 2.76. The highest BCUT2D eigenvalue weighted by molar-refractivity contribution is 8.00. The Labute approximate surface area is 99.9 Å². The predicted molar refractivity (Wildman–Crippen MR) is 64.8 cm³/mol. The molecule has 1 aliphatic heterocycles. The molecule has 0 saturated carbocycles. The molecule has 2 unspecified atom stereocenters. The van der Waals surface area contributed by atoms with Crippen molar-refractivity contribution in [1.29, 1.82) is 0 Å². The zero-order chi connectivity index (χ0) is 12.1. The van der Waals surface area contributed by atoms with E-state index in [1.165, 1.54) is 16.7 Å². The normalized spacial score (nSPS) is 25.9. The van der Waals surface area contributed by atoms with Crippen molar-refractivity contribution in [2.75, 3.05) is 19.4 Å². The SMILES string of the molecule is CC/C(C)=N\C(=O)N(C)C1CSC(CO)O1. The Morgan fingerprint density at radius 3 is 2.88 bits per heavy atom. The van der Waals surface area contributed by atoms with Crippen LogP contribution in [0.4, 0.5) is 4.79 Å². The smallest absolute Gasteiger partial charge is 0.345 e. The lowest BCUT2D eigenvalue weighted by Gasteiger charge is -2.21. The summed E-state index contributed by atoms with van der Waals surface area (Å²) < 4.78 is 5.46. The minimum atomic E-state index is -0.289. The monoisotopic (exact) mass is 246 g/mol. The first-order chi connectivity index (χ1) is 7.58.